The second-order valence-corrected chi connectivity index (χ2v) is 5.10. The molecule has 0 aromatic rings. The molecule has 4 nitrogen and oxygen atoms in total. The lowest BCUT2D eigenvalue weighted by Gasteiger charge is -2.28. The van der Waals surface area contributed by atoms with Crippen molar-refractivity contribution in [3.8, 4) is 0 Å². The van der Waals surface area contributed by atoms with E-state index in [0.29, 0.717) is 11.9 Å². The van der Waals surface area contributed by atoms with Gasteiger partial charge in [-0.1, -0.05) is 33.1 Å². The number of hydrogen-bond donors (Lipinski definition) is 1. The Balaban J connectivity index is 2.36. The third-order valence-electron chi connectivity index (χ3n) is 3.51. The van der Waals surface area contributed by atoms with Crippen LogP contribution < -0.4 is 5.73 Å². The number of hydrogen-bond acceptors (Lipinski definition) is 2. The molecule has 0 bridgehead atoms. The molecule has 0 spiro atoms. The minimum atomic E-state index is 0.703. The molecule has 1 atom stereocenters. The molecule has 0 amide bonds. The van der Waals surface area contributed by atoms with Crippen molar-refractivity contribution in [2.24, 2.45) is 16.6 Å². The Morgan fingerprint density at radius 1 is 1.22 bits per heavy atom. The fourth-order valence-electron chi connectivity index (χ4n) is 2.34. The Bertz CT molecular complexity index is 237. The minimum absolute atomic E-state index is 0.703. The average Bonchev–Trinajstić information content (AvgIpc) is 2.42. The molecule has 106 valence electrons. The van der Waals surface area contributed by atoms with Crippen LogP contribution in [0.25, 0.3) is 0 Å². The van der Waals surface area contributed by atoms with Crippen LogP contribution in [0.2, 0.25) is 0 Å². The average molecular weight is 255 g/mol. The van der Waals surface area contributed by atoms with Gasteiger partial charge in [-0.2, -0.15) is 0 Å². The standard InChI is InChI=1S/C14H29N3O/c1-3-5-7-13(6-4-2)12-16-14(15)17-8-10-18-11-9-17/h13H,3-12H2,1-2H3,(H2,15,16). The first-order valence-corrected chi connectivity index (χ1v) is 7.40. The molecule has 0 radical (unpaired) electrons. The van der Waals surface area contributed by atoms with E-state index < -0.39 is 0 Å². The minimum Gasteiger partial charge on any atom is -0.378 e. The van der Waals surface area contributed by atoms with Crippen LogP contribution in [0.15, 0.2) is 4.99 Å². The molecule has 1 aliphatic rings. The second-order valence-electron chi connectivity index (χ2n) is 5.10. The van der Waals surface area contributed by atoms with Crippen molar-refractivity contribution in [3.63, 3.8) is 0 Å². The van der Waals surface area contributed by atoms with Gasteiger partial charge >= 0.3 is 0 Å². The molecule has 1 unspecified atom stereocenters. The summed E-state index contributed by atoms with van der Waals surface area (Å²) in [6.45, 7) is 8.67. The highest BCUT2D eigenvalue weighted by Crippen LogP contribution is 2.15. The molecule has 1 rings (SSSR count). The predicted molar refractivity (Wildman–Crippen MR) is 76.8 cm³/mol. The van der Waals surface area contributed by atoms with Crippen LogP contribution in [0.1, 0.15) is 46.0 Å². The van der Waals surface area contributed by atoms with Crippen LogP contribution in [0.4, 0.5) is 0 Å². The number of unbranched alkanes of at least 4 members (excludes halogenated alkanes) is 1. The first kappa shape index (κ1) is 15.3. The van der Waals surface area contributed by atoms with Crippen LogP contribution in [-0.4, -0.2) is 43.7 Å². The monoisotopic (exact) mass is 255 g/mol. The number of rotatable bonds is 7. The Hall–Kier alpha value is -0.770. The normalized spacial score (nSPS) is 19.0. The van der Waals surface area contributed by atoms with Crippen molar-refractivity contribution >= 4 is 5.96 Å². The molecule has 1 saturated heterocycles. The molecule has 0 saturated carbocycles. The van der Waals surface area contributed by atoms with Crippen molar-refractivity contribution in [1.29, 1.82) is 0 Å². The number of nitrogens with two attached hydrogens (primary N) is 1. The van der Waals surface area contributed by atoms with Crippen molar-refractivity contribution in [1.82, 2.24) is 4.90 Å². The van der Waals surface area contributed by atoms with E-state index >= 15 is 0 Å². The topological polar surface area (TPSA) is 50.8 Å². The van der Waals surface area contributed by atoms with Gasteiger partial charge < -0.3 is 15.4 Å². The van der Waals surface area contributed by atoms with Crippen LogP contribution in [0.5, 0.6) is 0 Å². The number of nitrogens with zero attached hydrogens (tertiary/aromatic N) is 2. The molecule has 1 aliphatic heterocycles. The third kappa shape index (κ3) is 5.71. The van der Waals surface area contributed by atoms with Gasteiger partial charge in [0.05, 0.1) is 13.2 Å². The van der Waals surface area contributed by atoms with Gasteiger partial charge in [0, 0.05) is 19.6 Å². The smallest absolute Gasteiger partial charge is 0.191 e. The predicted octanol–water partition coefficient (Wildman–Crippen LogP) is 2.24. The van der Waals surface area contributed by atoms with Gasteiger partial charge in [-0.15, -0.1) is 0 Å². The maximum absolute atomic E-state index is 6.04. The highest BCUT2D eigenvalue weighted by atomic mass is 16.5. The zero-order valence-electron chi connectivity index (χ0n) is 12.0. The van der Waals surface area contributed by atoms with E-state index in [2.05, 4.69) is 23.7 Å². The van der Waals surface area contributed by atoms with Crippen LogP contribution in [0, 0.1) is 5.92 Å². The highest BCUT2D eigenvalue weighted by molar-refractivity contribution is 5.78. The summed E-state index contributed by atoms with van der Waals surface area (Å²) >= 11 is 0. The van der Waals surface area contributed by atoms with Crippen LogP contribution >= 0.6 is 0 Å². The maximum Gasteiger partial charge on any atom is 0.191 e. The number of morpholine rings is 1. The lowest BCUT2D eigenvalue weighted by molar-refractivity contribution is 0.0674. The summed E-state index contributed by atoms with van der Waals surface area (Å²) in [6.07, 6.45) is 6.35. The van der Waals surface area contributed by atoms with Gasteiger partial charge in [-0.3, -0.25) is 4.99 Å². The quantitative estimate of drug-likeness (QED) is 0.560. The van der Waals surface area contributed by atoms with Gasteiger partial charge in [0.1, 0.15) is 0 Å². The molecule has 1 heterocycles. The molecule has 0 aliphatic carbocycles. The molecule has 0 aromatic heterocycles. The first-order chi connectivity index (χ1) is 8.77. The van der Waals surface area contributed by atoms with Gasteiger partial charge in [-0.25, -0.2) is 0 Å². The largest absolute Gasteiger partial charge is 0.378 e. The number of ether oxygens (including phenoxy) is 1. The Morgan fingerprint density at radius 2 is 1.94 bits per heavy atom. The van der Waals surface area contributed by atoms with Crippen LogP contribution in [-0.2, 0) is 4.74 Å². The summed E-state index contributed by atoms with van der Waals surface area (Å²) in [6, 6.07) is 0. The van der Waals surface area contributed by atoms with E-state index in [4.69, 9.17) is 10.5 Å². The number of aliphatic imine (C=N–C) groups is 1. The summed E-state index contributed by atoms with van der Waals surface area (Å²) in [5, 5.41) is 0. The van der Waals surface area contributed by atoms with E-state index in [1.54, 1.807) is 0 Å². The molecule has 0 aromatic carbocycles. The summed E-state index contributed by atoms with van der Waals surface area (Å²) in [7, 11) is 0. The highest BCUT2D eigenvalue weighted by Gasteiger charge is 2.13. The van der Waals surface area contributed by atoms with Gasteiger partial charge in [0.2, 0.25) is 0 Å². The van der Waals surface area contributed by atoms with E-state index in [1.165, 1.54) is 32.1 Å². The van der Waals surface area contributed by atoms with Gasteiger partial charge in [-0.05, 0) is 18.8 Å². The summed E-state index contributed by atoms with van der Waals surface area (Å²) in [4.78, 5) is 6.72. The van der Waals surface area contributed by atoms with E-state index in [1.807, 2.05) is 0 Å². The van der Waals surface area contributed by atoms with Crippen molar-refractivity contribution in [2.45, 2.75) is 46.0 Å². The Kier molecular flexibility index (Phi) is 7.81. The maximum atomic E-state index is 6.04. The molecule has 1 fully saturated rings. The fourth-order valence-corrected chi connectivity index (χ4v) is 2.34. The summed E-state index contributed by atoms with van der Waals surface area (Å²) < 4.78 is 5.31. The lowest BCUT2D eigenvalue weighted by atomic mass is 9.97. The van der Waals surface area contributed by atoms with E-state index in [9.17, 15) is 0 Å². The molecular weight excluding hydrogens is 226 g/mol. The van der Waals surface area contributed by atoms with Gasteiger partial charge in [0.25, 0.3) is 0 Å². The van der Waals surface area contributed by atoms with Crippen molar-refractivity contribution < 1.29 is 4.74 Å². The second kappa shape index (κ2) is 9.20. The molecular formula is C14H29N3O. The Labute approximate surface area is 112 Å². The summed E-state index contributed by atoms with van der Waals surface area (Å²) in [5.74, 6) is 1.41. The zero-order chi connectivity index (χ0) is 13.2. The lowest BCUT2D eigenvalue weighted by Crippen LogP contribution is -2.45. The SMILES string of the molecule is CCCCC(CCC)CN=C(N)N1CCOCC1. The van der Waals surface area contributed by atoms with E-state index in [0.717, 1.165) is 32.8 Å². The van der Waals surface area contributed by atoms with E-state index in [-0.39, 0.29) is 0 Å². The van der Waals surface area contributed by atoms with Gasteiger partial charge in [0.15, 0.2) is 5.96 Å². The summed E-state index contributed by atoms with van der Waals surface area (Å²) in [5.41, 5.74) is 6.04. The van der Waals surface area contributed by atoms with Crippen molar-refractivity contribution in [2.75, 3.05) is 32.8 Å². The fraction of sp³-hybridized carbons (Fsp3) is 0.929. The third-order valence-corrected chi connectivity index (χ3v) is 3.51. The molecule has 18 heavy (non-hydrogen) atoms. The molecule has 4 heteroatoms. The Morgan fingerprint density at radius 3 is 2.56 bits per heavy atom. The molecule has 2 N–H and O–H groups in total. The first-order valence-electron chi connectivity index (χ1n) is 7.40. The van der Waals surface area contributed by atoms with Crippen LogP contribution in [0.3, 0.4) is 0 Å². The zero-order valence-corrected chi connectivity index (χ0v) is 12.0. The number of guanidine groups is 1. The van der Waals surface area contributed by atoms with Crippen molar-refractivity contribution in [3.05, 3.63) is 0 Å².